The van der Waals surface area contributed by atoms with Crippen LogP contribution in [-0.2, 0) is 4.79 Å². The molecule has 3 N–H and O–H groups in total. The topological polar surface area (TPSA) is 78.4 Å². The van der Waals surface area contributed by atoms with E-state index in [2.05, 4.69) is 17.6 Å². The number of aliphatic carboxylic acids is 1. The Morgan fingerprint density at radius 1 is 1.32 bits per heavy atom. The molecule has 0 spiro atoms. The van der Waals surface area contributed by atoms with E-state index in [0.29, 0.717) is 5.92 Å². The summed E-state index contributed by atoms with van der Waals surface area (Å²) in [4.78, 5) is 23.1. The van der Waals surface area contributed by atoms with Gasteiger partial charge in [0.1, 0.15) is 6.04 Å². The Morgan fingerprint density at radius 2 is 1.95 bits per heavy atom. The Labute approximate surface area is 115 Å². The van der Waals surface area contributed by atoms with Gasteiger partial charge in [-0.2, -0.15) is 0 Å². The third kappa shape index (κ3) is 4.73. The second-order valence-corrected chi connectivity index (χ2v) is 5.69. The molecule has 110 valence electrons. The van der Waals surface area contributed by atoms with Crippen molar-refractivity contribution in [3.05, 3.63) is 0 Å². The first kappa shape index (κ1) is 15.8. The van der Waals surface area contributed by atoms with Gasteiger partial charge in [0.15, 0.2) is 0 Å². The molecule has 0 aromatic heterocycles. The Bertz CT molecular complexity index is 320. The smallest absolute Gasteiger partial charge is 0.326 e. The lowest BCUT2D eigenvalue weighted by Gasteiger charge is -2.30. The molecule has 5 nitrogen and oxygen atoms in total. The summed E-state index contributed by atoms with van der Waals surface area (Å²) < 4.78 is 0. The molecule has 0 aliphatic heterocycles. The third-order valence-electron chi connectivity index (χ3n) is 4.19. The Balaban J connectivity index is 2.50. The highest BCUT2D eigenvalue weighted by molar-refractivity contribution is 5.82. The average molecular weight is 270 g/mol. The number of rotatable bonds is 5. The van der Waals surface area contributed by atoms with Gasteiger partial charge in [-0.3, -0.25) is 0 Å². The first-order valence-corrected chi connectivity index (χ1v) is 7.25. The normalized spacial score (nSPS) is 26.3. The minimum Gasteiger partial charge on any atom is -0.480 e. The van der Waals surface area contributed by atoms with E-state index in [4.69, 9.17) is 5.11 Å². The van der Waals surface area contributed by atoms with Crippen molar-refractivity contribution in [2.45, 2.75) is 65.0 Å². The van der Waals surface area contributed by atoms with Crippen LogP contribution in [0.15, 0.2) is 0 Å². The number of amides is 2. The van der Waals surface area contributed by atoms with Crippen LogP contribution in [0.1, 0.15) is 52.9 Å². The van der Waals surface area contributed by atoms with Crippen molar-refractivity contribution in [2.24, 2.45) is 11.8 Å². The first-order valence-electron chi connectivity index (χ1n) is 7.25. The van der Waals surface area contributed by atoms with Crippen LogP contribution in [0.4, 0.5) is 4.79 Å². The fourth-order valence-corrected chi connectivity index (χ4v) is 2.57. The van der Waals surface area contributed by atoms with Gasteiger partial charge in [-0.05, 0) is 24.7 Å². The average Bonchev–Trinajstić information content (AvgIpc) is 2.37. The van der Waals surface area contributed by atoms with Crippen molar-refractivity contribution >= 4 is 12.0 Å². The zero-order valence-electron chi connectivity index (χ0n) is 12.1. The molecule has 5 heteroatoms. The zero-order valence-corrected chi connectivity index (χ0v) is 12.1. The van der Waals surface area contributed by atoms with Crippen molar-refractivity contribution in [2.75, 3.05) is 0 Å². The van der Waals surface area contributed by atoms with E-state index in [9.17, 15) is 9.59 Å². The number of carboxylic acids is 1. The SMILES string of the molecule is CC[C@@H](C)[C@@H](NC(=O)N[C@@H]1CCCC[C@@H]1C)C(=O)O. The summed E-state index contributed by atoms with van der Waals surface area (Å²) in [5, 5.41) is 14.6. The fourth-order valence-electron chi connectivity index (χ4n) is 2.57. The lowest BCUT2D eigenvalue weighted by molar-refractivity contribution is -0.140. The maximum Gasteiger partial charge on any atom is 0.326 e. The summed E-state index contributed by atoms with van der Waals surface area (Å²) in [6, 6.07) is -1.00. The van der Waals surface area contributed by atoms with Gasteiger partial charge in [-0.25, -0.2) is 9.59 Å². The standard InChI is InChI=1S/C14H26N2O3/c1-4-9(2)12(13(17)18)16-14(19)15-11-8-6-5-7-10(11)3/h9-12H,4-8H2,1-3H3,(H,17,18)(H2,15,16,19)/t9-,10+,11-,12-/m1/s1. The molecule has 0 aromatic rings. The van der Waals surface area contributed by atoms with E-state index in [1.54, 1.807) is 0 Å². The maximum atomic E-state index is 11.9. The van der Waals surface area contributed by atoms with E-state index in [-0.39, 0.29) is 18.0 Å². The van der Waals surface area contributed by atoms with Crippen LogP contribution in [0.3, 0.4) is 0 Å². The molecule has 1 saturated carbocycles. The molecule has 0 aromatic carbocycles. The number of carboxylic acid groups (broad SMARTS) is 1. The van der Waals surface area contributed by atoms with Gasteiger partial charge in [0.05, 0.1) is 0 Å². The Morgan fingerprint density at radius 3 is 2.47 bits per heavy atom. The predicted molar refractivity (Wildman–Crippen MR) is 74.0 cm³/mol. The molecule has 19 heavy (non-hydrogen) atoms. The molecule has 1 fully saturated rings. The van der Waals surface area contributed by atoms with Crippen LogP contribution >= 0.6 is 0 Å². The number of hydrogen-bond donors (Lipinski definition) is 3. The Hall–Kier alpha value is -1.26. The van der Waals surface area contributed by atoms with Gasteiger partial charge in [-0.1, -0.05) is 40.0 Å². The lowest BCUT2D eigenvalue weighted by atomic mass is 9.86. The minimum atomic E-state index is -0.971. The van der Waals surface area contributed by atoms with Crippen LogP contribution in [-0.4, -0.2) is 29.2 Å². The third-order valence-corrected chi connectivity index (χ3v) is 4.19. The van der Waals surface area contributed by atoms with Crippen molar-refractivity contribution in [1.29, 1.82) is 0 Å². The molecule has 0 bridgehead atoms. The molecule has 1 aliphatic carbocycles. The largest absolute Gasteiger partial charge is 0.480 e. The van der Waals surface area contributed by atoms with Crippen LogP contribution in [0, 0.1) is 11.8 Å². The number of carbonyl (C=O) groups is 2. The van der Waals surface area contributed by atoms with E-state index < -0.39 is 12.0 Å². The highest BCUT2D eigenvalue weighted by atomic mass is 16.4. The van der Waals surface area contributed by atoms with E-state index in [0.717, 1.165) is 25.7 Å². The van der Waals surface area contributed by atoms with Crippen LogP contribution in [0.2, 0.25) is 0 Å². The van der Waals surface area contributed by atoms with E-state index >= 15 is 0 Å². The van der Waals surface area contributed by atoms with Gasteiger partial charge in [0.25, 0.3) is 0 Å². The summed E-state index contributed by atoms with van der Waals surface area (Å²) in [5.74, 6) is -0.584. The maximum absolute atomic E-state index is 11.9. The van der Waals surface area contributed by atoms with Crippen LogP contribution in [0.25, 0.3) is 0 Å². The summed E-state index contributed by atoms with van der Waals surface area (Å²) in [6.07, 6.45) is 5.17. The molecule has 0 heterocycles. The summed E-state index contributed by atoms with van der Waals surface area (Å²) in [7, 11) is 0. The van der Waals surface area contributed by atoms with Gasteiger partial charge in [0.2, 0.25) is 0 Å². The van der Waals surface area contributed by atoms with Crippen molar-refractivity contribution in [3.63, 3.8) is 0 Å². The van der Waals surface area contributed by atoms with Crippen molar-refractivity contribution in [3.8, 4) is 0 Å². The van der Waals surface area contributed by atoms with Crippen LogP contribution in [0.5, 0.6) is 0 Å². The Kier molecular flexibility index (Phi) is 6.12. The molecule has 1 rings (SSSR count). The number of hydrogen-bond acceptors (Lipinski definition) is 2. The second kappa shape index (κ2) is 7.36. The van der Waals surface area contributed by atoms with Gasteiger partial charge < -0.3 is 15.7 Å². The molecule has 0 radical (unpaired) electrons. The van der Waals surface area contributed by atoms with Gasteiger partial charge in [-0.15, -0.1) is 0 Å². The quantitative estimate of drug-likeness (QED) is 0.717. The summed E-state index contributed by atoms with van der Waals surface area (Å²) in [6.45, 7) is 5.89. The van der Waals surface area contributed by atoms with Gasteiger partial charge >= 0.3 is 12.0 Å². The number of carbonyl (C=O) groups excluding carboxylic acids is 1. The molecule has 2 amide bonds. The molecular weight excluding hydrogens is 244 g/mol. The molecule has 4 atom stereocenters. The second-order valence-electron chi connectivity index (χ2n) is 5.69. The van der Waals surface area contributed by atoms with Crippen LogP contribution < -0.4 is 10.6 Å². The lowest BCUT2D eigenvalue weighted by Crippen LogP contribution is -2.52. The molecule has 1 aliphatic rings. The molecule has 0 saturated heterocycles. The molecular formula is C14H26N2O3. The monoisotopic (exact) mass is 270 g/mol. The van der Waals surface area contributed by atoms with Crippen molar-refractivity contribution in [1.82, 2.24) is 10.6 Å². The zero-order chi connectivity index (χ0) is 14.4. The number of nitrogens with one attached hydrogen (secondary N) is 2. The summed E-state index contributed by atoms with van der Waals surface area (Å²) >= 11 is 0. The predicted octanol–water partition coefficient (Wildman–Crippen LogP) is 2.36. The molecule has 0 unspecified atom stereocenters. The van der Waals surface area contributed by atoms with Gasteiger partial charge in [0, 0.05) is 6.04 Å². The van der Waals surface area contributed by atoms with E-state index in [1.165, 1.54) is 6.42 Å². The minimum absolute atomic E-state index is 0.0768. The highest BCUT2D eigenvalue weighted by Gasteiger charge is 2.28. The van der Waals surface area contributed by atoms with Crippen molar-refractivity contribution < 1.29 is 14.7 Å². The number of urea groups is 1. The first-order chi connectivity index (χ1) is 8.95. The highest BCUT2D eigenvalue weighted by Crippen LogP contribution is 2.23. The van der Waals surface area contributed by atoms with E-state index in [1.807, 2.05) is 13.8 Å². The summed E-state index contributed by atoms with van der Waals surface area (Å²) in [5.41, 5.74) is 0. The fraction of sp³-hybridized carbons (Fsp3) is 0.857.